The van der Waals surface area contributed by atoms with Crippen molar-refractivity contribution in [1.82, 2.24) is 4.90 Å². The summed E-state index contributed by atoms with van der Waals surface area (Å²) in [4.78, 5) is 26.0. The standard InChI is InChI=1S/C15H16N2O2/c18-14-10-3-1-2-4-11(10)15(19)17(14)8-13-9-5-6-16-7-12(9)13/h1-4,9,12-13,16H,5-8H2/p+1. The molecule has 0 aromatic heterocycles. The summed E-state index contributed by atoms with van der Waals surface area (Å²) >= 11 is 0. The van der Waals surface area contributed by atoms with Crippen molar-refractivity contribution in [3.8, 4) is 0 Å². The van der Waals surface area contributed by atoms with Crippen molar-refractivity contribution < 1.29 is 14.9 Å². The molecule has 1 aliphatic carbocycles. The fraction of sp³-hybridized carbons (Fsp3) is 0.467. The van der Waals surface area contributed by atoms with E-state index in [1.54, 1.807) is 12.1 Å². The van der Waals surface area contributed by atoms with Crippen molar-refractivity contribution in [2.45, 2.75) is 6.42 Å². The number of amides is 2. The van der Waals surface area contributed by atoms with Crippen molar-refractivity contribution in [3.05, 3.63) is 35.4 Å². The Morgan fingerprint density at radius 3 is 2.37 bits per heavy atom. The Kier molecular flexibility index (Phi) is 2.30. The molecule has 0 bridgehead atoms. The normalized spacial score (nSPS) is 32.2. The maximum absolute atomic E-state index is 12.3. The first kappa shape index (κ1) is 11.2. The second-order valence-electron chi connectivity index (χ2n) is 5.86. The summed E-state index contributed by atoms with van der Waals surface area (Å²) in [5, 5.41) is 2.35. The summed E-state index contributed by atoms with van der Waals surface area (Å²) in [5.74, 6) is 1.80. The number of benzene rings is 1. The van der Waals surface area contributed by atoms with E-state index in [9.17, 15) is 9.59 Å². The zero-order valence-electron chi connectivity index (χ0n) is 10.7. The van der Waals surface area contributed by atoms with Crippen LogP contribution in [-0.2, 0) is 0 Å². The number of piperidine rings is 1. The van der Waals surface area contributed by atoms with Crippen molar-refractivity contribution in [1.29, 1.82) is 0 Å². The second-order valence-corrected chi connectivity index (χ2v) is 5.86. The molecule has 4 rings (SSSR count). The number of hydrogen-bond acceptors (Lipinski definition) is 2. The zero-order chi connectivity index (χ0) is 13.0. The highest BCUT2D eigenvalue weighted by Crippen LogP contribution is 2.49. The number of quaternary nitrogens is 1. The predicted octanol–water partition coefficient (Wildman–Crippen LogP) is 0.112. The Labute approximate surface area is 111 Å². The molecular formula is C15H17N2O2+. The number of nitrogens with two attached hydrogens (primary N) is 1. The van der Waals surface area contributed by atoms with Gasteiger partial charge in [0.05, 0.1) is 24.2 Å². The highest BCUT2D eigenvalue weighted by Gasteiger charge is 2.54. The Morgan fingerprint density at radius 2 is 1.79 bits per heavy atom. The van der Waals surface area contributed by atoms with Crippen LogP contribution in [0.25, 0.3) is 0 Å². The maximum Gasteiger partial charge on any atom is 0.261 e. The van der Waals surface area contributed by atoms with E-state index in [0.717, 1.165) is 11.8 Å². The topological polar surface area (TPSA) is 54.0 Å². The van der Waals surface area contributed by atoms with Gasteiger partial charge in [0.2, 0.25) is 0 Å². The molecule has 4 heteroatoms. The lowest BCUT2D eigenvalue weighted by atomic mass is 10.1. The third-order valence-electron chi connectivity index (χ3n) is 4.92. The molecule has 1 aromatic rings. The van der Waals surface area contributed by atoms with Crippen molar-refractivity contribution in [2.75, 3.05) is 19.6 Å². The first-order chi connectivity index (χ1) is 9.27. The lowest BCUT2D eigenvalue weighted by Crippen LogP contribution is -2.86. The van der Waals surface area contributed by atoms with Crippen LogP contribution in [0.15, 0.2) is 24.3 Å². The SMILES string of the molecule is O=C1c2ccccc2C(=O)N1CC1C2CC[NH2+]CC21. The van der Waals surface area contributed by atoms with Crippen LogP contribution in [0.1, 0.15) is 27.1 Å². The number of fused-ring (bicyclic) bond motifs is 2. The molecule has 19 heavy (non-hydrogen) atoms. The average Bonchev–Trinajstić information content (AvgIpc) is 3.10. The summed E-state index contributed by atoms with van der Waals surface area (Å²) in [6.07, 6.45) is 1.23. The van der Waals surface area contributed by atoms with Crippen molar-refractivity contribution in [3.63, 3.8) is 0 Å². The van der Waals surface area contributed by atoms with Crippen LogP contribution in [0.4, 0.5) is 0 Å². The Bertz CT molecular complexity index is 522. The first-order valence-electron chi connectivity index (χ1n) is 7.04. The van der Waals surface area contributed by atoms with Crippen LogP contribution in [0, 0.1) is 17.8 Å². The van der Waals surface area contributed by atoms with Crippen LogP contribution in [0.5, 0.6) is 0 Å². The van der Waals surface area contributed by atoms with Gasteiger partial charge in [-0.25, -0.2) is 0 Å². The van der Waals surface area contributed by atoms with Gasteiger partial charge in [0.25, 0.3) is 11.8 Å². The van der Waals surface area contributed by atoms with Gasteiger partial charge < -0.3 is 5.32 Å². The fourth-order valence-electron chi connectivity index (χ4n) is 3.81. The maximum atomic E-state index is 12.3. The largest absolute Gasteiger partial charge is 0.346 e. The molecule has 1 saturated carbocycles. The number of hydrogen-bond donors (Lipinski definition) is 1. The summed E-state index contributed by atoms with van der Waals surface area (Å²) in [6.45, 7) is 2.98. The molecular weight excluding hydrogens is 240 g/mol. The van der Waals surface area contributed by atoms with E-state index in [2.05, 4.69) is 5.32 Å². The number of nitrogens with zero attached hydrogens (tertiary/aromatic N) is 1. The molecule has 1 aromatic carbocycles. The molecule has 0 spiro atoms. The third kappa shape index (κ3) is 1.56. The quantitative estimate of drug-likeness (QED) is 0.765. The summed E-state index contributed by atoms with van der Waals surface area (Å²) < 4.78 is 0. The van der Waals surface area contributed by atoms with Gasteiger partial charge >= 0.3 is 0 Å². The molecule has 98 valence electrons. The average molecular weight is 257 g/mol. The predicted molar refractivity (Wildman–Crippen MR) is 68.6 cm³/mol. The lowest BCUT2D eigenvalue weighted by molar-refractivity contribution is -0.664. The lowest BCUT2D eigenvalue weighted by Gasteiger charge is -2.13. The molecule has 4 nitrogen and oxygen atoms in total. The highest BCUT2D eigenvalue weighted by molar-refractivity contribution is 6.21. The van der Waals surface area contributed by atoms with E-state index < -0.39 is 0 Å². The summed E-state index contributed by atoms with van der Waals surface area (Å²) in [5.41, 5.74) is 1.14. The van der Waals surface area contributed by atoms with Crippen LogP contribution < -0.4 is 5.32 Å². The van der Waals surface area contributed by atoms with E-state index in [0.29, 0.717) is 23.6 Å². The van der Waals surface area contributed by atoms with Gasteiger partial charge in [-0.05, 0) is 24.0 Å². The minimum absolute atomic E-state index is 0.103. The van der Waals surface area contributed by atoms with Gasteiger partial charge in [-0.15, -0.1) is 0 Å². The molecule has 2 N–H and O–H groups in total. The van der Waals surface area contributed by atoms with Crippen molar-refractivity contribution in [2.24, 2.45) is 17.8 Å². The van der Waals surface area contributed by atoms with Gasteiger partial charge in [0.1, 0.15) is 0 Å². The van der Waals surface area contributed by atoms with Gasteiger partial charge in [0, 0.05) is 18.9 Å². The minimum atomic E-state index is -0.103. The van der Waals surface area contributed by atoms with Crippen LogP contribution in [0.3, 0.4) is 0 Å². The Morgan fingerprint density at radius 1 is 1.11 bits per heavy atom. The monoisotopic (exact) mass is 257 g/mol. The molecule has 3 atom stereocenters. The Hall–Kier alpha value is -1.68. The Balaban J connectivity index is 1.55. The van der Waals surface area contributed by atoms with Crippen LogP contribution in [-0.4, -0.2) is 36.3 Å². The van der Waals surface area contributed by atoms with Gasteiger partial charge in [-0.3, -0.25) is 14.5 Å². The van der Waals surface area contributed by atoms with Crippen LogP contribution >= 0.6 is 0 Å². The summed E-state index contributed by atoms with van der Waals surface area (Å²) in [6, 6.07) is 7.14. The van der Waals surface area contributed by atoms with E-state index >= 15 is 0 Å². The zero-order valence-corrected chi connectivity index (χ0v) is 10.7. The molecule has 1 saturated heterocycles. The molecule has 2 fully saturated rings. The summed E-state index contributed by atoms with van der Waals surface area (Å²) in [7, 11) is 0. The number of rotatable bonds is 2. The molecule has 2 aliphatic heterocycles. The van der Waals surface area contributed by atoms with Gasteiger partial charge in [0.15, 0.2) is 0 Å². The van der Waals surface area contributed by atoms with E-state index in [1.807, 2.05) is 12.1 Å². The molecule has 2 amide bonds. The van der Waals surface area contributed by atoms with Gasteiger partial charge in [-0.2, -0.15) is 0 Å². The molecule has 0 radical (unpaired) electrons. The number of carbonyl (C=O) groups excluding carboxylic acids is 2. The second kappa shape index (κ2) is 3.90. The first-order valence-corrected chi connectivity index (χ1v) is 7.04. The van der Waals surface area contributed by atoms with Gasteiger partial charge in [-0.1, -0.05) is 12.1 Å². The number of imide groups is 1. The van der Waals surface area contributed by atoms with E-state index in [-0.39, 0.29) is 11.8 Å². The smallest absolute Gasteiger partial charge is 0.261 e. The van der Waals surface area contributed by atoms with Crippen molar-refractivity contribution >= 4 is 11.8 Å². The minimum Gasteiger partial charge on any atom is -0.346 e. The van der Waals surface area contributed by atoms with E-state index in [1.165, 1.54) is 24.4 Å². The molecule has 2 heterocycles. The number of carbonyl (C=O) groups is 2. The highest BCUT2D eigenvalue weighted by atomic mass is 16.2. The fourth-order valence-corrected chi connectivity index (χ4v) is 3.81. The molecule has 3 aliphatic rings. The molecule has 3 unspecified atom stereocenters. The third-order valence-corrected chi connectivity index (χ3v) is 4.92. The van der Waals surface area contributed by atoms with E-state index in [4.69, 9.17) is 0 Å². The van der Waals surface area contributed by atoms with Crippen LogP contribution in [0.2, 0.25) is 0 Å².